The summed E-state index contributed by atoms with van der Waals surface area (Å²) < 4.78 is 36.0. The smallest absolute Gasteiger partial charge is 0.264 e. The quantitative estimate of drug-likeness (QED) is 0.147. The number of hydrogen-bond acceptors (Lipinski definition) is 5. The predicted molar refractivity (Wildman–Crippen MR) is 190 cm³/mol. The van der Waals surface area contributed by atoms with Crippen molar-refractivity contribution < 1.29 is 22.7 Å². The van der Waals surface area contributed by atoms with Crippen LogP contribution in [-0.2, 0) is 32.6 Å². The molecule has 0 radical (unpaired) electrons. The molecule has 10 heteroatoms. The van der Waals surface area contributed by atoms with Gasteiger partial charge in [0.15, 0.2) is 0 Å². The van der Waals surface area contributed by atoms with Crippen LogP contribution in [0.1, 0.15) is 37.5 Å². The van der Waals surface area contributed by atoms with E-state index >= 15 is 0 Å². The zero-order valence-corrected chi connectivity index (χ0v) is 29.6. The first kappa shape index (κ1) is 35.7. The fraction of sp³-hybridized carbons (Fsp3) is 0.297. The minimum Gasteiger partial charge on any atom is -0.494 e. The van der Waals surface area contributed by atoms with Gasteiger partial charge in [0.25, 0.3) is 10.0 Å². The molecule has 0 saturated heterocycles. The lowest BCUT2D eigenvalue weighted by Crippen LogP contribution is -2.53. The van der Waals surface area contributed by atoms with E-state index in [1.54, 1.807) is 36.4 Å². The zero-order valence-electron chi connectivity index (χ0n) is 27.2. The number of anilines is 1. The van der Waals surface area contributed by atoms with Crippen molar-refractivity contribution in [1.29, 1.82) is 0 Å². The Kier molecular flexibility index (Phi) is 12.6. The molecule has 248 valence electrons. The van der Waals surface area contributed by atoms with Gasteiger partial charge in [-0.1, -0.05) is 89.9 Å². The average Bonchev–Trinajstić information content (AvgIpc) is 3.05. The predicted octanol–water partition coefficient (Wildman–Crippen LogP) is 6.76. The number of rotatable bonds is 15. The zero-order chi connectivity index (χ0) is 34.0. The highest BCUT2D eigenvalue weighted by Crippen LogP contribution is 2.27. The van der Waals surface area contributed by atoms with Crippen LogP contribution in [0.2, 0.25) is 0 Å². The molecule has 4 rings (SSSR count). The van der Waals surface area contributed by atoms with Gasteiger partial charge in [0.05, 0.1) is 17.2 Å². The summed E-state index contributed by atoms with van der Waals surface area (Å²) in [7, 11) is -4.19. The van der Waals surface area contributed by atoms with E-state index in [9.17, 15) is 18.0 Å². The van der Waals surface area contributed by atoms with Crippen molar-refractivity contribution in [1.82, 2.24) is 10.2 Å². The molecule has 47 heavy (non-hydrogen) atoms. The van der Waals surface area contributed by atoms with E-state index in [2.05, 4.69) is 21.2 Å². The van der Waals surface area contributed by atoms with E-state index in [1.807, 2.05) is 82.3 Å². The van der Waals surface area contributed by atoms with Crippen LogP contribution in [0.15, 0.2) is 112 Å². The number of halogens is 1. The molecule has 1 unspecified atom stereocenters. The topological polar surface area (TPSA) is 96.0 Å². The number of sulfonamides is 1. The SMILES string of the molecule is CCOc1ccc(N(CC(=O)N(Cc2cccc(Br)c2)C(Cc2ccccc2)C(=O)NCC(C)C)S(=O)(=O)c2ccc(C)cc2)cc1. The summed E-state index contributed by atoms with van der Waals surface area (Å²) in [5, 5.41) is 3.01. The molecule has 1 N–H and O–H groups in total. The Morgan fingerprint density at radius 1 is 0.872 bits per heavy atom. The Balaban J connectivity index is 1.80. The van der Waals surface area contributed by atoms with Crippen molar-refractivity contribution in [2.75, 3.05) is 24.0 Å². The van der Waals surface area contributed by atoms with Gasteiger partial charge in [-0.3, -0.25) is 13.9 Å². The third kappa shape index (κ3) is 9.92. The van der Waals surface area contributed by atoms with E-state index in [4.69, 9.17) is 4.74 Å². The normalized spacial score (nSPS) is 12.0. The molecule has 4 aromatic carbocycles. The van der Waals surface area contributed by atoms with Crippen LogP contribution in [0.25, 0.3) is 0 Å². The molecule has 8 nitrogen and oxygen atoms in total. The fourth-order valence-corrected chi connectivity index (χ4v) is 6.91. The van der Waals surface area contributed by atoms with Gasteiger partial charge in [0.2, 0.25) is 11.8 Å². The Hall–Kier alpha value is -4.15. The van der Waals surface area contributed by atoms with Gasteiger partial charge in [-0.05, 0) is 79.4 Å². The van der Waals surface area contributed by atoms with E-state index < -0.39 is 28.5 Å². The van der Waals surface area contributed by atoms with Gasteiger partial charge in [0, 0.05) is 24.0 Å². The second-order valence-electron chi connectivity index (χ2n) is 11.7. The number of carbonyl (C=O) groups is 2. The molecule has 0 aliphatic rings. The van der Waals surface area contributed by atoms with Crippen molar-refractivity contribution in [2.45, 2.75) is 51.6 Å². The summed E-state index contributed by atoms with van der Waals surface area (Å²) in [6.45, 7) is 8.19. The molecule has 1 atom stereocenters. The van der Waals surface area contributed by atoms with Crippen LogP contribution in [0.5, 0.6) is 5.75 Å². The Morgan fingerprint density at radius 2 is 1.53 bits per heavy atom. The molecular weight excluding hydrogens is 678 g/mol. The molecule has 0 saturated carbocycles. The number of nitrogens with one attached hydrogen (secondary N) is 1. The largest absolute Gasteiger partial charge is 0.494 e. The van der Waals surface area contributed by atoms with Gasteiger partial charge in [0.1, 0.15) is 18.3 Å². The van der Waals surface area contributed by atoms with Gasteiger partial charge in [-0.15, -0.1) is 0 Å². The molecule has 0 aromatic heterocycles. The maximum atomic E-state index is 14.6. The van der Waals surface area contributed by atoms with Gasteiger partial charge >= 0.3 is 0 Å². The third-order valence-electron chi connectivity index (χ3n) is 7.52. The summed E-state index contributed by atoms with van der Waals surface area (Å²) in [5.41, 5.74) is 2.87. The molecule has 0 bridgehead atoms. The second-order valence-corrected chi connectivity index (χ2v) is 14.5. The number of carbonyl (C=O) groups excluding carboxylic acids is 2. The molecule has 0 spiro atoms. The molecule has 0 fully saturated rings. The van der Waals surface area contributed by atoms with Crippen molar-refractivity contribution in [2.24, 2.45) is 5.92 Å². The van der Waals surface area contributed by atoms with Crippen LogP contribution >= 0.6 is 15.9 Å². The standard InChI is InChI=1S/C37H42BrN3O5S/c1-5-46-33-18-16-32(17-19-33)41(47(44,45)34-20-14-28(4)15-21-34)26-36(42)40(25-30-12-9-13-31(38)22-30)35(37(43)39-24-27(2)3)23-29-10-7-6-8-11-29/h6-22,27,35H,5,23-26H2,1-4H3,(H,39,43). The first-order valence-electron chi connectivity index (χ1n) is 15.7. The van der Waals surface area contributed by atoms with Crippen molar-refractivity contribution >= 4 is 43.5 Å². The highest BCUT2D eigenvalue weighted by molar-refractivity contribution is 9.10. The first-order chi connectivity index (χ1) is 22.5. The maximum Gasteiger partial charge on any atom is 0.264 e. The lowest BCUT2D eigenvalue weighted by atomic mass is 10.0. The van der Waals surface area contributed by atoms with Crippen LogP contribution in [-0.4, -0.2) is 50.9 Å². The summed E-state index contributed by atoms with van der Waals surface area (Å²) in [4.78, 5) is 30.0. The van der Waals surface area contributed by atoms with Crippen LogP contribution in [0.4, 0.5) is 5.69 Å². The van der Waals surface area contributed by atoms with Crippen molar-refractivity contribution in [3.63, 3.8) is 0 Å². The Bertz CT molecular complexity index is 1730. The highest BCUT2D eigenvalue weighted by Gasteiger charge is 2.34. The van der Waals surface area contributed by atoms with E-state index in [0.717, 1.165) is 25.5 Å². The van der Waals surface area contributed by atoms with Crippen molar-refractivity contribution in [3.05, 3.63) is 124 Å². The number of nitrogens with zero attached hydrogens (tertiary/aromatic N) is 2. The average molecular weight is 721 g/mol. The number of benzene rings is 4. The molecule has 2 amide bonds. The molecule has 0 aliphatic heterocycles. The second kappa shape index (κ2) is 16.6. The lowest BCUT2D eigenvalue weighted by molar-refractivity contribution is -0.140. The van der Waals surface area contributed by atoms with E-state index in [0.29, 0.717) is 24.6 Å². The Labute approximate surface area is 286 Å². The van der Waals surface area contributed by atoms with Gasteiger partial charge in [-0.2, -0.15) is 0 Å². The third-order valence-corrected chi connectivity index (χ3v) is 9.80. The number of aryl methyl sites for hydroxylation is 1. The first-order valence-corrected chi connectivity index (χ1v) is 17.9. The number of amides is 2. The summed E-state index contributed by atoms with van der Waals surface area (Å²) >= 11 is 3.51. The molecule has 4 aromatic rings. The van der Waals surface area contributed by atoms with E-state index in [-0.39, 0.29) is 29.7 Å². The monoisotopic (exact) mass is 719 g/mol. The Morgan fingerprint density at radius 3 is 2.15 bits per heavy atom. The number of ether oxygens (including phenoxy) is 1. The highest BCUT2D eigenvalue weighted by atomic mass is 79.9. The summed E-state index contributed by atoms with van der Waals surface area (Å²) in [5.74, 6) is -0.0493. The summed E-state index contributed by atoms with van der Waals surface area (Å²) in [6, 6.07) is 29.2. The molecular formula is C37H42BrN3O5S. The minimum atomic E-state index is -4.19. The molecule has 0 aliphatic carbocycles. The number of hydrogen-bond donors (Lipinski definition) is 1. The van der Waals surface area contributed by atoms with Gasteiger partial charge < -0.3 is 15.0 Å². The minimum absolute atomic E-state index is 0.0545. The van der Waals surface area contributed by atoms with Crippen molar-refractivity contribution in [3.8, 4) is 5.75 Å². The van der Waals surface area contributed by atoms with Crippen LogP contribution in [0.3, 0.4) is 0 Å². The summed E-state index contributed by atoms with van der Waals surface area (Å²) in [6.07, 6.45) is 0.248. The lowest BCUT2D eigenvalue weighted by Gasteiger charge is -2.34. The maximum absolute atomic E-state index is 14.6. The van der Waals surface area contributed by atoms with Gasteiger partial charge in [-0.25, -0.2) is 8.42 Å². The van der Waals surface area contributed by atoms with E-state index in [1.165, 1.54) is 17.0 Å². The molecule has 0 heterocycles. The van der Waals surface area contributed by atoms with Crippen LogP contribution in [0, 0.1) is 12.8 Å². The van der Waals surface area contributed by atoms with Crippen LogP contribution < -0.4 is 14.4 Å². The fourth-order valence-electron chi connectivity index (χ4n) is 5.05.